The Morgan fingerprint density at radius 2 is 1.79 bits per heavy atom. The molecule has 2 rings (SSSR count). The van der Waals surface area contributed by atoms with Gasteiger partial charge in [-0.3, -0.25) is 4.79 Å². The minimum Gasteiger partial charge on any atom is -0.350 e. The summed E-state index contributed by atoms with van der Waals surface area (Å²) in [5.74, 6) is -0.351. The minimum absolute atomic E-state index is 0.349. The van der Waals surface area contributed by atoms with E-state index >= 15 is 0 Å². The van der Waals surface area contributed by atoms with E-state index in [-0.39, 0.29) is 5.91 Å². The molecule has 128 valence electrons. The van der Waals surface area contributed by atoms with Crippen molar-refractivity contribution in [3.63, 3.8) is 0 Å². The number of carbonyl (C=O) groups is 1. The molecule has 0 bridgehead atoms. The first-order valence-corrected chi connectivity index (χ1v) is 9.45. The van der Waals surface area contributed by atoms with E-state index in [4.69, 9.17) is 0 Å². The number of carbonyl (C=O) groups excluding carboxylic acids is 1. The summed E-state index contributed by atoms with van der Waals surface area (Å²) in [6.07, 6.45) is 1.09. The van der Waals surface area contributed by atoms with E-state index < -0.39 is 16.1 Å². The zero-order valence-electron chi connectivity index (χ0n) is 14.1. The number of nitrogens with zero attached hydrogens (tertiary/aromatic N) is 1. The molecule has 0 aliphatic rings. The van der Waals surface area contributed by atoms with Gasteiger partial charge in [-0.1, -0.05) is 60.2 Å². The van der Waals surface area contributed by atoms with E-state index in [0.717, 1.165) is 21.7 Å². The number of aryl methyl sites for hydroxylation is 1. The highest BCUT2D eigenvalue weighted by molar-refractivity contribution is 7.88. The third kappa shape index (κ3) is 4.66. The van der Waals surface area contributed by atoms with Crippen LogP contribution in [0.25, 0.3) is 0 Å². The summed E-state index contributed by atoms with van der Waals surface area (Å²) in [6.45, 7) is 2.33. The zero-order valence-corrected chi connectivity index (χ0v) is 14.9. The van der Waals surface area contributed by atoms with Gasteiger partial charge in [0.15, 0.2) is 0 Å². The van der Waals surface area contributed by atoms with Gasteiger partial charge in [-0.2, -0.15) is 4.31 Å². The average Bonchev–Trinajstić information content (AvgIpc) is 2.53. The first kappa shape index (κ1) is 18.2. The highest BCUT2D eigenvalue weighted by Crippen LogP contribution is 2.22. The first-order valence-electron chi connectivity index (χ1n) is 7.60. The van der Waals surface area contributed by atoms with Crippen molar-refractivity contribution in [3.05, 3.63) is 71.3 Å². The molecule has 0 aromatic heterocycles. The highest BCUT2D eigenvalue weighted by Gasteiger charge is 2.30. The van der Waals surface area contributed by atoms with Crippen LogP contribution in [0.5, 0.6) is 0 Å². The van der Waals surface area contributed by atoms with Crippen molar-refractivity contribution in [2.45, 2.75) is 19.5 Å². The molecule has 0 saturated carbocycles. The smallest absolute Gasteiger partial charge is 0.243 e. The summed E-state index contributed by atoms with van der Waals surface area (Å²) in [6, 6.07) is 15.8. The molecular formula is C18H22N2O3S. The van der Waals surface area contributed by atoms with E-state index in [2.05, 4.69) is 5.32 Å². The van der Waals surface area contributed by atoms with Crippen LogP contribution in [0, 0.1) is 6.92 Å². The van der Waals surface area contributed by atoms with E-state index in [1.165, 1.54) is 7.05 Å². The molecular weight excluding hydrogens is 324 g/mol. The number of sulfonamides is 1. The molecule has 0 saturated heterocycles. The molecule has 24 heavy (non-hydrogen) atoms. The highest BCUT2D eigenvalue weighted by atomic mass is 32.2. The standard InChI is InChI=1S/C18H22N2O3S/c1-14-8-7-9-15(12-14)13-19-18(21)17(20(2)24(3,22)23)16-10-5-4-6-11-16/h4-12,17H,13H2,1-3H3,(H,19,21)/t17-/m1/s1. The number of amides is 1. The molecule has 0 heterocycles. The molecule has 5 nitrogen and oxygen atoms in total. The van der Waals surface area contributed by atoms with E-state index in [1.807, 2.05) is 37.3 Å². The van der Waals surface area contributed by atoms with Gasteiger partial charge in [-0.05, 0) is 18.1 Å². The normalized spacial score (nSPS) is 12.8. The van der Waals surface area contributed by atoms with Gasteiger partial charge in [0.25, 0.3) is 0 Å². The Hall–Kier alpha value is -2.18. The predicted molar refractivity (Wildman–Crippen MR) is 94.8 cm³/mol. The Labute approximate surface area is 143 Å². The maximum atomic E-state index is 12.7. The van der Waals surface area contributed by atoms with Crippen molar-refractivity contribution in [3.8, 4) is 0 Å². The van der Waals surface area contributed by atoms with Crippen LogP contribution in [0.2, 0.25) is 0 Å². The van der Waals surface area contributed by atoms with E-state index in [0.29, 0.717) is 12.1 Å². The number of hydrogen-bond acceptors (Lipinski definition) is 3. The van der Waals surface area contributed by atoms with E-state index in [1.54, 1.807) is 24.3 Å². The van der Waals surface area contributed by atoms with Crippen LogP contribution in [0.15, 0.2) is 54.6 Å². The largest absolute Gasteiger partial charge is 0.350 e. The van der Waals surface area contributed by atoms with Gasteiger partial charge in [0.1, 0.15) is 6.04 Å². The summed E-state index contributed by atoms with van der Waals surface area (Å²) in [5, 5.41) is 2.83. The molecule has 6 heteroatoms. The summed E-state index contributed by atoms with van der Waals surface area (Å²) >= 11 is 0. The number of rotatable bonds is 6. The molecule has 0 fully saturated rings. The maximum absolute atomic E-state index is 12.7. The van der Waals surface area contributed by atoms with Gasteiger partial charge in [-0.15, -0.1) is 0 Å². The molecule has 0 aliphatic heterocycles. The van der Waals surface area contributed by atoms with Crippen LogP contribution in [0.1, 0.15) is 22.7 Å². The van der Waals surface area contributed by atoms with Crippen molar-refractivity contribution in [2.75, 3.05) is 13.3 Å². The third-order valence-electron chi connectivity index (χ3n) is 3.80. The Kier molecular flexibility index (Phi) is 5.75. The molecule has 2 aromatic carbocycles. The van der Waals surface area contributed by atoms with E-state index in [9.17, 15) is 13.2 Å². The summed E-state index contributed by atoms with van der Waals surface area (Å²) in [7, 11) is -2.10. The van der Waals surface area contributed by atoms with Crippen molar-refractivity contribution < 1.29 is 13.2 Å². The molecule has 1 atom stereocenters. The quantitative estimate of drug-likeness (QED) is 0.872. The molecule has 0 spiro atoms. The van der Waals surface area contributed by atoms with Crippen LogP contribution in [0.4, 0.5) is 0 Å². The fourth-order valence-corrected chi connectivity index (χ4v) is 3.06. The second-order valence-electron chi connectivity index (χ2n) is 5.80. The van der Waals surface area contributed by atoms with Crippen LogP contribution >= 0.6 is 0 Å². The summed E-state index contributed by atoms with van der Waals surface area (Å²) in [4.78, 5) is 12.7. The van der Waals surface area contributed by atoms with Crippen molar-refractivity contribution in [1.29, 1.82) is 0 Å². The molecule has 1 N–H and O–H groups in total. The Morgan fingerprint density at radius 3 is 2.38 bits per heavy atom. The summed E-state index contributed by atoms with van der Waals surface area (Å²) < 4.78 is 24.9. The lowest BCUT2D eigenvalue weighted by Gasteiger charge is -2.25. The number of benzene rings is 2. The zero-order chi connectivity index (χ0) is 17.7. The van der Waals surface area contributed by atoms with Crippen molar-refractivity contribution in [2.24, 2.45) is 0 Å². The second kappa shape index (κ2) is 7.59. The Morgan fingerprint density at radius 1 is 1.12 bits per heavy atom. The van der Waals surface area contributed by atoms with Crippen LogP contribution in [-0.2, 0) is 21.4 Å². The lowest BCUT2D eigenvalue weighted by Crippen LogP contribution is -2.41. The van der Waals surface area contributed by atoms with Crippen LogP contribution in [0.3, 0.4) is 0 Å². The molecule has 0 aliphatic carbocycles. The number of likely N-dealkylation sites (N-methyl/N-ethyl adjacent to an activating group) is 1. The van der Waals surface area contributed by atoms with Gasteiger partial charge in [0, 0.05) is 13.6 Å². The van der Waals surface area contributed by atoms with Gasteiger partial charge < -0.3 is 5.32 Å². The van der Waals surface area contributed by atoms with Crippen molar-refractivity contribution in [1.82, 2.24) is 9.62 Å². The molecule has 0 radical (unpaired) electrons. The Balaban J connectivity index is 2.22. The second-order valence-corrected chi connectivity index (χ2v) is 7.84. The van der Waals surface area contributed by atoms with Crippen molar-refractivity contribution >= 4 is 15.9 Å². The lowest BCUT2D eigenvalue weighted by atomic mass is 10.1. The predicted octanol–water partition coefficient (Wildman–Crippen LogP) is 2.24. The molecule has 2 aromatic rings. The minimum atomic E-state index is -3.51. The van der Waals surface area contributed by atoms with Crippen LogP contribution < -0.4 is 5.32 Å². The van der Waals surface area contributed by atoms with Gasteiger partial charge in [-0.25, -0.2) is 8.42 Å². The van der Waals surface area contributed by atoms with Gasteiger partial charge >= 0.3 is 0 Å². The van der Waals surface area contributed by atoms with Crippen LogP contribution in [-0.4, -0.2) is 31.9 Å². The molecule has 0 unspecified atom stereocenters. The van der Waals surface area contributed by atoms with Gasteiger partial charge in [0.2, 0.25) is 15.9 Å². The average molecular weight is 346 g/mol. The SMILES string of the molecule is Cc1cccc(CNC(=O)[C@@H](c2ccccc2)N(C)S(C)(=O)=O)c1. The monoisotopic (exact) mass is 346 g/mol. The molecule has 1 amide bonds. The fraction of sp³-hybridized carbons (Fsp3) is 0.278. The lowest BCUT2D eigenvalue weighted by molar-refractivity contribution is -0.124. The fourth-order valence-electron chi connectivity index (χ4n) is 2.46. The third-order valence-corrected chi connectivity index (χ3v) is 5.06. The van der Waals surface area contributed by atoms with Gasteiger partial charge in [0.05, 0.1) is 6.26 Å². The number of nitrogens with one attached hydrogen (secondary N) is 1. The maximum Gasteiger partial charge on any atom is 0.243 e. The summed E-state index contributed by atoms with van der Waals surface area (Å²) in [5.41, 5.74) is 2.71. The topological polar surface area (TPSA) is 66.5 Å². The Bertz CT molecular complexity index is 804. The number of hydrogen-bond donors (Lipinski definition) is 1. The first-order chi connectivity index (χ1) is 11.3.